The van der Waals surface area contributed by atoms with E-state index in [4.69, 9.17) is 21.1 Å². The number of rotatable bonds is 8. The van der Waals surface area contributed by atoms with E-state index in [0.717, 1.165) is 18.4 Å². The van der Waals surface area contributed by atoms with Crippen molar-refractivity contribution in [1.82, 2.24) is 9.80 Å². The summed E-state index contributed by atoms with van der Waals surface area (Å²) in [6, 6.07) is 14.7. The van der Waals surface area contributed by atoms with Gasteiger partial charge in [0.15, 0.2) is 0 Å². The fraction of sp³-hybridized carbons (Fsp3) is 0.474. The van der Waals surface area contributed by atoms with Gasteiger partial charge in [-0.25, -0.2) is 0 Å². The van der Waals surface area contributed by atoms with Crippen molar-refractivity contribution in [1.29, 1.82) is 0 Å². The van der Waals surface area contributed by atoms with Crippen molar-refractivity contribution in [2.24, 2.45) is 11.8 Å². The number of aliphatic hydroxyl groups is 1. The lowest BCUT2D eigenvalue weighted by Gasteiger charge is -2.35. The van der Waals surface area contributed by atoms with Crippen LogP contribution < -0.4 is 4.90 Å². The summed E-state index contributed by atoms with van der Waals surface area (Å²) in [7, 11) is 1.71. The number of carbonyl (C=O) groups is 4. The maximum Gasteiger partial charge on any atom is 0.313 e. The first-order valence-electron chi connectivity index (χ1n) is 17.2. The molecule has 0 aromatic heterocycles. The summed E-state index contributed by atoms with van der Waals surface area (Å²) in [5.74, 6) is -3.39. The molecule has 4 heterocycles. The monoisotopic (exact) mass is 689 g/mol. The third-order valence-corrected chi connectivity index (χ3v) is 10.6. The molecule has 7 atom stereocenters. The van der Waals surface area contributed by atoms with E-state index in [1.807, 2.05) is 49.4 Å². The molecule has 2 saturated heterocycles. The second-order valence-corrected chi connectivity index (χ2v) is 13.8. The van der Waals surface area contributed by atoms with Crippen LogP contribution in [0.2, 0.25) is 5.02 Å². The lowest BCUT2D eigenvalue weighted by atomic mass is 9.77. The summed E-state index contributed by atoms with van der Waals surface area (Å²) >= 11 is 6.17. The van der Waals surface area contributed by atoms with Crippen molar-refractivity contribution in [2.45, 2.75) is 75.3 Å². The number of cyclic esters (lactones) is 1. The van der Waals surface area contributed by atoms with Gasteiger partial charge in [0.05, 0.1) is 18.1 Å². The molecule has 2 aromatic carbocycles. The fourth-order valence-electron chi connectivity index (χ4n) is 7.73. The van der Waals surface area contributed by atoms with Gasteiger partial charge in [-0.15, -0.1) is 0 Å². The van der Waals surface area contributed by atoms with Gasteiger partial charge < -0.3 is 29.3 Å². The molecule has 3 amide bonds. The molecule has 0 radical (unpaired) electrons. The Morgan fingerprint density at radius 2 is 1.67 bits per heavy atom. The van der Waals surface area contributed by atoms with Crippen LogP contribution in [-0.4, -0.2) is 89.1 Å². The van der Waals surface area contributed by atoms with Gasteiger partial charge in [0, 0.05) is 43.9 Å². The van der Waals surface area contributed by atoms with E-state index in [-0.39, 0.29) is 37.3 Å². The number of esters is 1. The average Bonchev–Trinajstić information content (AvgIpc) is 3.49. The number of hydrogen-bond donors (Lipinski definition) is 1. The lowest BCUT2D eigenvalue weighted by molar-refractivity contribution is -0.164. The first-order chi connectivity index (χ1) is 23.7. The number of nitrogens with zero attached hydrogens (tertiary/aromatic N) is 3. The van der Waals surface area contributed by atoms with Crippen molar-refractivity contribution in [3.63, 3.8) is 0 Å². The number of amides is 3. The van der Waals surface area contributed by atoms with Crippen LogP contribution in [0.15, 0.2) is 78.9 Å². The number of unbranched alkanes of at least 4 members (excludes halogenated alkanes) is 3. The molecule has 4 aliphatic heterocycles. The zero-order chi connectivity index (χ0) is 34.7. The molecule has 0 aliphatic carbocycles. The predicted molar refractivity (Wildman–Crippen MR) is 184 cm³/mol. The molecule has 11 heteroatoms. The molecule has 4 aliphatic rings. The molecule has 2 fully saturated rings. The predicted octanol–water partition coefficient (Wildman–Crippen LogP) is 4.86. The van der Waals surface area contributed by atoms with Crippen LogP contribution in [0.5, 0.6) is 0 Å². The molecule has 10 nitrogen and oxygen atoms in total. The van der Waals surface area contributed by atoms with Gasteiger partial charge >= 0.3 is 5.97 Å². The van der Waals surface area contributed by atoms with Crippen LogP contribution in [-0.2, 0) is 28.7 Å². The number of fused-ring (bicyclic) bond motifs is 2. The Hall–Kier alpha value is -3.99. The van der Waals surface area contributed by atoms with E-state index >= 15 is 0 Å². The number of aliphatic hydroxyl groups excluding tert-OH is 1. The standard InChI is InChI=1S/C38H44ClN3O7/c1-25-33(26-13-6-5-7-14-26)48-37(47)31-29(15-8-9-16-30(44)40(25)2)49-38-21-12-23-41(28-19-17-27(39)18-20-28)36(46)34(38)42(35(45)32(31)38)22-10-3-4-11-24-43/h5-8,12-15,17-21,25,29,31-34,43H,3-4,9-11,16,22-24H2,1-2H3/b15-8-/t25-,29-,31+,32+,33+,34-,38+/m1/s1. The van der Waals surface area contributed by atoms with Crippen LogP contribution in [0.4, 0.5) is 5.69 Å². The van der Waals surface area contributed by atoms with Gasteiger partial charge in [-0.2, -0.15) is 0 Å². The normalized spacial score (nSPS) is 31.0. The van der Waals surface area contributed by atoms with E-state index in [1.54, 1.807) is 58.2 Å². The summed E-state index contributed by atoms with van der Waals surface area (Å²) in [6.45, 7) is 2.48. The van der Waals surface area contributed by atoms with Gasteiger partial charge in [0.25, 0.3) is 5.91 Å². The minimum atomic E-state index is -1.43. The smallest absolute Gasteiger partial charge is 0.313 e. The highest BCUT2D eigenvalue weighted by atomic mass is 35.5. The minimum absolute atomic E-state index is 0.0847. The van der Waals surface area contributed by atoms with Gasteiger partial charge in [0.2, 0.25) is 11.8 Å². The van der Waals surface area contributed by atoms with Gasteiger partial charge in [0.1, 0.15) is 23.7 Å². The molecule has 49 heavy (non-hydrogen) atoms. The summed E-state index contributed by atoms with van der Waals surface area (Å²) in [5.41, 5.74) is -0.0732. The number of carbonyl (C=O) groups excluding carboxylic acids is 4. The SMILES string of the molecule is C[C@@H]1[C@@H](c2ccccc2)OC(=O)[C@@H]2[C@H]3C(=O)N(CCCCCCO)[C@@H]4C(=O)N(c5ccc(Cl)cc5)CC=C[C@]34O[C@@H]2/C=C\CCC(=O)N1C. The Kier molecular flexibility index (Phi) is 10.6. The summed E-state index contributed by atoms with van der Waals surface area (Å²) in [4.78, 5) is 61.9. The first-order valence-corrected chi connectivity index (χ1v) is 17.6. The Balaban J connectivity index is 1.41. The van der Waals surface area contributed by atoms with Crippen molar-refractivity contribution in [2.75, 3.05) is 31.6 Å². The van der Waals surface area contributed by atoms with Crippen molar-refractivity contribution in [3.8, 4) is 0 Å². The zero-order valence-corrected chi connectivity index (χ0v) is 28.7. The number of allylic oxidation sites excluding steroid dienone is 1. The molecule has 6 rings (SSSR count). The number of hydrogen-bond acceptors (Lipinski definition) is 7. The number of benzene rings is 2. The number of likely N-dealkylation sites (tertiary alicyclic amines) is 1. The molecule has 1 N–H and O–H groups in total. The summed E-state index contributed by atoms with van der Waals surface area (Å²) < 4.78 is 13.2. The molecule has 260 valence electrons. The summed E-state index contributed by atoms with van der Waals surface area (Å²) in [5, 5.41) is 9.81. The van der Waals surface area contributed by atoms with Gasteiger partial charge in [-0.05, 0) is 56.0 Å². The number of ether oxygens (including phenoxy) is 2. The third kappa shape index (κ3) is 6.66. The lowest BCUT2D eigenvalue weighted by Crippen LogP contribution is -2.55. The number of likely N-dealkylation sites (N-methyl/N-ethyl adjacent to an activating group) is 1. The maximum atomic E-state index is 14.7. The summed E-state index contributed by atoms with van der Waals surface area (Å²) in [6.07, 6.45) is 9.03. The van der Waals surface area contributed by atoms with E-state index in [9.17, 15) is 24.3 Å². The fourth-order valence-corrected chi connectivity index (χ4v) is 7.85. The van der Waals surface area contributed by atoms with Crippen molar-refractivity contribution in [3.05, 3.63) is 89.5 Å². The van der Waals surface area contributed by atoms with Crippen LogP contribution in [0.1, 0.15) is 57.1 Å². The van der Waals surface area contributed by atoms with E-state index in [0.29, 0.717) is 36.5 Å². The molecular formula is C38H44ClN3O7. The number of anilines is 1. The van der Waals surface area contributed by atoms with E-state index in [2.05, 4.69) is 0 Å². The Bertz CT molecular complexity index is 1600. The van der Waals surface area contributed by atoms with Crippen LogP contribution in [0.25, 0.3) is 0 Å². The quantitative estimate of drug-likeness (QED) is 0.239. The largest absolute Gasteiger partial charge is 0.455 e. The second-order valence-electron chi connectivity index (χ2n) is 13.3. The second kappa shape index (κ2) is 14.9. The molecule has 2 aromatic rings. The third-order valence-electron chi connectivity index (χ3n) is 10.4. The van der Waals surface area contributed by atoms with Crippen LogP contribution in [0.3, 0.4) is 0 Å². The minimum Gasteiger partial charge on any atom is -0.455 e. The van der Waals surface area contributed by atoms with Crippen LogP contribution >= 0.6 is 11.6 Å². The average molecular weight is 690 g/mol. The van der Waals surface area contributed by atoms with E-state index < -0.39 is 47.7 Å². The van der Waals surface area contributed by atoms with Crippen molar-refractivity contribution >= 4 is 41.0 Å². The molecule has 0 unspecified atom stereocenters. The zero-order valence-electron chi connectivity index (χ0n) is 27.9. The Labute approximate surface area is 292 Å². The Morgan fingerprint density at radius 3 is 2.41 bits per heavy atom. The molecule has 0 saturated carbocycles. The van der Waals surface area contributed by atoms with Crippen LogP contribution in [0, 0.1) is 11.8 Å². The van der Waals surface area contributed by atoms with Gasteiger partial charge in [-0.1, -0.05) is 79.1 Å². The van der Waals surface area contributed by atoms with Crippen molar-refractivity contribution < 1.29 is 33.8 Å². The number of halogens is 1. The molecule has 1 spiro atoms. The molecular weight excluding hydrogens is 646 g/mol. The first kappa shape index (κ1) is 34.9. The highest BCUT2D eigenvalue weighted by Gasteiger charge is 2.71. The maximum absolute atomic E-state index is 14.7. The highest BCUT2D eigenvalue weighted by molar-refractivity contribution is 6.30. The van der Waals surface area contributed by atoms with E-state index in [1.165, 1.54) is 0 Å². The highest BCUT2D eigenvalue weighted by Crippen LogP contribution is 2.53. The Morgan fingerprint density at radius 1 is 0.939 bits per heavy atom. The topological polar surface area (TPSA) is 117 Å². The molecule has 0 bridgehead atoms. The van der Waals surface area contributed by atoms with Gasteiger partial charge in [-0.3, -0.25) is 19.2 Å².